The Morgan fingerprint density at radius 1 is 1.27 bits per heavy atom. The van der Waals surface area contributed by atoms with Gasteiger partial charge in [0.15, 0.2) is 0 Å². The van der Waals surface area contributed by atoms with Crippen molar-refractivity contribution in [3.05, 3.63) is 12.2 Å². The van der Waals surface area contributed by atoms with Crippen LogP contribution in [0.2, 0.25) is 0 Å². The molecule has 2 heteroatoms. The Morgan fingerprint density at radius 3 is 2.67 bits per heavy atom. The lowest BCUT2D eigenvalue weighted by Crippen LogP contribution is -2.34. The molecule has 0 fully saturated rings. The molecule has 1 atom stereocenters. The SMILES string of the molecule is CCN(CC)CCNC[C@H]1CC=CCC1. The van der Waals surface area contributed by atoms with Gasteiger partial charge in [0.2, 0.25) is 0 Å². The maximum Gasteiger partial charge on any atom is 0.0107 e. The Morgan fingerprint density at radius 2 is 2.07 bits per heavy atom. The zero-order valence-corrected chi connectivity index (χ0v) is 10.3. The van der Waals surface area contributed by atoms with Crippen LogP contribution >= 0.6 is 0 Å². The van der Waals surface area contributed by atoms with E-state index in [1.54, 1.807) is 0 Å². The molecule has 0 spiro atoms. The highest BCUT2D eigenvalue weighted by atomic mass is 15.1. The van der Waals surface area contributed by atoms with Crippen molar-refractivity contribution in [2.24, 2.45) is 5.92 Å². The maximum atomic E-state index is 3.58. The Kier molecular flexibility index (Phi) is 6.69. The molecule has 0 heterocycles. The highest BCUT2D eigenvalue weighted by Gasteiger charge is 2.08. The topological polar surface area (TPSA) is 15.3 Å². The number of hydrogen-bond acceptors (Lipinski definition) is 2. The fourth-order valence-corrected chi connectivity index (χ4v) is 2.12. The van der Waals surface area contributed by atoms with Crippen molar-refractivity contribution in [1.29, 1.82) is 0 Å². The van der Waals surface area contributed by atoms with Gasteiger partial charge in [-0.2, -0.15) is 0 Å². The third kappa shape index (κ3) is 5.33. The molecule has 0 aromatic rings. The molecule has 2 nitrogen and oxygen atoms in total. The van der Waals surface area contributed by atoms with Gasteiger partial charge in [-0.3, -0.25) is 0 Å². The number of nitrogens with one attached hydrogen (secondary N) is 1. The summed E-state index contributed by atoms with van der Waals surface area (Å²) in [6, 6.07) is 0. The third-order valence-corrected chi connectivity index (χ3v) is 3.31. The van der Waals surface area contributed by atoms with Crippen LogP contribution in [0.15, 0.2) is 12.2 Å². The molecular formula is C13H26N2. The number of nitrogens with zero attached hydrogens (tertiary/aromatic N) is 1. The van der Waals surface area contributed by atoms with Crippen LogP contribution in [-0.4, -0.2) is 37.6 Å². The van der Waals surface area contributed by atoms with Crippen LogP contribution in [0.5, 0.6) is 0 Å². The summed E-state index contributed by atoms with van der Waals surface area (Å²) in [7, 11) is 0. The molecule has 0 saturated carbocycles. The molecule has 0 aromatic heterocycles. The number of allylic oxidation sites excluding steroid dienone is 2. The first-order valence-corrected chi connectivity index (χ1v) is 6.44. The van der Waals surface area contributed by atoms with Crippen LogP contribution in [0, 0.1) is 5.92 Å². The van der Waals surface area contributed by atoms with Gasteiger partial charge in [-0.1, -0.05) is 26.0 Å². The summed E-state index contributed by atoms with van der Waals surface area (Å²) in [6.45, 7) is 10.3. The summed E-state index contributed by atoms with van der Waals surface area (Å²) >= 11 is 0. The molecule has 1 aliphatic rings. The van der Waals surface area contributed by atoms with Crippen molar-refractivity contribution in [3.63, 3.8) is 0 Å². The van der Waals surface area contributed by atoms with Crippen molar-refractivity contribution in [2.45, 2.75) is 33.1 Å². The van der Waals surface area contributed by atoms with Crippen LogP contribution in [0.1, 0.15) is 33.1 Å². The van der Waals surface area contributed by atoms with Gasteiger partial charge in [-0.05, 0) is 44.8 Å². The second-order valence-corrected chi connectivity index (χ2v) is 4.38. The van der Waals surface area contributed by atoms with Gasteiger partial charge in [-0.25, -0.2) is 0 Å². The average Bonchev–Trinajstić information content (AvgIpc) is 2.31. The third-order valence-electron chi connectivity index (χ3n) is 3.31. The Bertz CT molecular complexity index is 173. The van der Waals surface area contributed by atoms with Crippen LogP contribution in [0.25, 0.3) is 0 Å². The van der Waals surface area contributed by atoms with Gasteiger partial charge in [0, 0.05) is 13.1 Å². The lowest BCUT2D eigenvalue weighted by molar-refractivity contribution is 0.297. The zero-order chi connectivity index (χ0) is 10.9. The summed E-state index contributed by atoms with van der Waals surface area (Å²) in [5.41, 5.74) is 0. The predicted molar refractivity (Wildman–Crippen MR) is 67.1 cm³/mol. The van der Waals surface area contributed by atoms with E-state index in [9.17, 15) is 0 Å². The highest BCUT2D eigenvalue weighted by Crippen LogP contribution is 2.16. The van der Waals surface area contributed by atoms with E-state index < -0.39 is 0 Å². The van der Waals surface area contributed by atoms with Crippen molar-refractivity contribution in [2.75, 3.05) is 32.7 Å². The summed E-state index contributed by atoms with van der Waals surface area (Å²) in [4.78, 5) is 2.47. The van der Waals surface area contributed by atoms with Crippen LogP contribution in [0.3, 0.4) is 0 Å². The summed E-state index contributed by atoms with van der Waals surface area (Å²) in [6.07, 6.45) is 8.57. The van der Waals surface area contributed by atoms with Gasteiger partial charge in [0.25, 0.3) is 0 Å². The first-order valence-electron chi connectivity index (χ1n) is 6.44. The normalized spacial score (nSPS) is 21.1. The standard InChI is InChI=1S/C13H26N2/c1-3-15(4-2)11-10-14-12-13-8-6-5-7-9-13/h5-6,13-14H,3-4,7-12H2,1-2H3/t13-/m0/s1. The largest absolute Gasteiger partial charge is 0.315 e. The van der Waals surface area contributed by atoms with E-state index in [2.05, 4.69) is 36.2 Å². The molecule has 0 unspecified atom stereocenters. The molecule has 0 aliphatic heterocycles. The monoisotopic (exact) mass is 210 g/mol. The van der Waals surface area contributed by atoms with Crippen molar-refractivity contribution in [3.8, 4) is 0 Å². The lowest BCUT2D eigenvalue weighted by Gasteiger charge is -2.21. The molecule has 0 radical (unpaired) electrons. The first-order chi connectivity index (χ1) is 7.36. The molecule has 0 bridgehead atoms. The molecule has 15 heavy (non-hydrogen) atoms. The molecule has 0 aromatic carbocycles. The Labute approximate surface area is 94.7 Å². The van der Waals surface area contributed by atoms with E-state index in [0.29, 0.717) is 0 Å². The van der Waals surface area contributed by atoms with Gasteiger partial charge in [0.1, 0.15) is 0 Å². The Hall–Kier alpha value is -0.340. The van der Waals surface area contributed by atoms with Crippen molar-refractivity contribution < 1.29 is 0 Å². The van der Waals surface area contributed by atoms with Gasteiger partial charge >= 0.3 is 0 Å². The summed E-state index contributed by atoms with van der Waals surface area (Å²) < 4.78 is 0. The molecule has 88 valence electrons. The molecule has 1 N–H and O–H groups in total. The second-order valence-electron chi connectivity index (χ2n) is 4.38. The fourth-order valence-electron chi connectivity index (χ4n) is 2.12. The number of rotatable bonds is 7. The summed E-state index contributed by atoms with van der Waals surface area (Å²) in [5.74, 6) is 0.881. The molecule has 1 rings (SSSR count). The molecule has 0 amide bonds. The van der Waals surface area contributed by atoms with E-state index in [1.165, 1.54) is 45.4 Å². The van der Waals surface area contributed by atoms with Gasteiger partial charge < -0.3 is 10.2 Å². The van der Waals surface area contributed by atoms with Crippen LogP contribution in [0.4, 0.5) is 0 Å². The van der Waals surface area contributed by atoms with Gasteiger partial charge in [0.05, 0.1) is 0 Å². The lowest BCUT2D eigenvalue weighted by atomic mass is 9.94. The number of likely N-dealkylation sites (N-methyl/N-ethyl adjacent to an activating group) is 1. The smallest absolute Gasteiger partial charge is 0.0107 e. The van der Waals surface area contributed by atoms with E-state index in [-0.39, 0.29) is 0 Å². The Balaban J connectivity index is 1.98. The van der Waals surface area contributed by atoms with Crippen molar-refractivity contribution in [1.82, 2.24) is 10.2 Å². The quantitative estimate of drug-likeness (QED) is 0.512. The van der Waals surface area contributed by atoms with Crippen molar-refractivity contribution >= 4 is 0 Å². The van der Waals surface area contributed by atoms with Gasteiger partial charge in [-0.15, -0.1) is 0 Å². The molecular weight excluding hydrogens is 184 g/mol. The van der Waals surface area contributed by atoms with Crippen LogP contribution in [-0.2, 0) is 0 Å². The fraction of sp³-hybridized carbons (Fsp3) is 0.846. The summed E-state index contributed by atoms with van der Waals surface area (Å²) in [5, 5.41) is 3.58. The number of hydrogen-bond donors (Lipinski definition) is 1. The zero-order valence-electron chi connectivity index (χ0n) is 10.3. The maximum absolute atomic E-state index is 3.58. The molecule has 1 aliphatic carbocycles. The van der Waals surface area contributed by atoms with Crippen LogP contribution < -0.4 is 5.32 Å². The predicted octanol–water partition coefficient (Wildman–Crippen LogP) is 2.27. The minimum Gasteiger partial charge on any atom is -0.315 e. The van der Waals surface area contributed by atoms with E-state index >= 15 is 0 Å². The highest BCUT2D eigenvalue weighted by molar-refractivity contribution is 4.90. The minimum absolute atomic E-state index is 0.881. The second kappa shape index (κ2) is 7.89. The van der Waals surface area contributed by atoms with E-state index in [4.69, 9.17) is 0 Å². The average molecular weight is 210 g/mol. The molecule has 0 saturated heterocycles. The van der Waals surface area contributed by atoms with E-state index in [1.807, 2.05) is 0 Å². The van der Waals surface area contributed by atoms with E-state index in [0.717, 1.165) is 12.5 Å². The minimum atomic E-state index is 0.881. The first kappa shape index (κ1) is 12.7.